The van der Waals surface area contributed by atoms with Gasteiger partial charge in [-0.25, -0.2) is 15.0 Å². The number of hydrogen-bond acceptors (Lipinski definition) is 5. The molecule has 0 bridgehead atoms. The van der Waals surface area contributed by atoms with Crippen molar-refractivity contribution in [2.24, 2.45) is 0 Å². The standard InChI is InChI=1S/C15H14O.C5H5N5.2Na.2H/c1-2-6-12(7-3-1)15-11-10-13-8-4-5-9-14(13)16-15;6-4-3-5(9-1-7-3)10-2-8-4;;;;/h1-9,15H,10-11H2;1-2H,(H3,6,7,8,9,10);;;;/q;;2*+1;2*-1. The van der Waals surface area contributed by atoms with Crippen LogP contribution >= 0.6 is 0 Å². The molecule has 2 aromatic carbocycles. The van der Waals surface area contributed by atoms with E-state index in [0.29, 0.717) is 17.0 Å². The minimum absolute atomic E-state index is 0. The van der Waals surface area contributed by atoms with Gasteiger partial charge >= 0.3 is 59.1 Å². The number of nitrogens with zero attached hydrogens (tertiary/aromatic N) is 3. The molecule has 6 nitrogen and oxygen atoms in total. The predicted molar refractivity (Wildman–Crippen MR) is 103 cm³/mol. The molecule has 1 aliphatic heterocycles. The third kappa shape index (κ3) is 5.35. The number of fused-ring (bicyclic) bond motifs is 2. The zero-order valence-electron chi connectivity index (χ0n) is 18.2. The fraction of sp³-hybridized carbons (Fsp3) is 0.150. The molecule has 4 aromatic rings. The molecule has 0 fully saturated rings. The van der Waals surface area contributed by atoms with Crippen molar-refractivity contribution in [3.8, 4) is 5.75 Å². The van der Waals surface area contributed by atoms with Crippen LogP contribution in [0, 0.1) is 0 Å². The molecule has 1 atom stereocenters. The second-order valence-corrected chi connectivity index (χ2v) is 6.02. The van der Waals surface area contributed by atoms with Gasteiger partial charge in [0, 0.05) is 0 Å². The summed E-state index contributed by atoms with van der Waals surface area (Å²) in [5.74, 6) is 1.48. The van der Waals surface area contributed by atoms with Gasteiger partial charge in [0.1, 0.15) is 23.7 Å². The number of ether oxygens (including phenoxy) is 1. The number of aromatic nitrogens is 4. The average Bonchev–Trinajstić information content (AvgIpc) is 3.19. The monoisotopic (exact) mass is 393 g/mol. The maximum atomic E-state index is 6.02. The fourth-order valence-electron chi connectivity index (χ4n) is 3.01. The number of imidazole rings is 1. The van der Waals surface area contributed by atoms with Gasteiger partial charge in [0.15, 0.2) is 11.5 Å². The van der Waals surface area contributed by atoms with Crippen LogP contribution in [0.1, 0.15) is 26.5 Å². The Labute approximate surface area is 210 Å². The number of aryl methyl sites for hydroxylation is 1. The average molecular weight is 393 g/mol. The number of hydrogen-bond donors (Lipinski definition) is 2. The maximum Gasteiger partial charge on any atom is 1.00 e. The summed E-state index contributed by atoms with van der Waals surface area (Å²) in [5.41, 5.74) is 9.38. The SMILES string of the molecule is Nc1ncnc2nc[nH]c12.[H-].[H-].[Na+].[Na+].c1ccc(C2CCc3ccccc3O2)cc1. The van der Waals surface area contributed by atoms with Gasteiger partial charge in [0.2, 0.25) is 0 Å². The molecule has 0 saturated carbocycles. The van der Waals surface area contributed by atoms with E-state index in [1.54, 1.807) is 0 Å². The van der Waals surface area contributed by atoms with Crippen LogP contribution in [-0.2, 0) is 6.42 Å². The predicted octanol–water partition coefficient (Wildman–Crippen LogP) is -2.08. The Kier molecular flexibility index (Phi) is 8.95. The molecular weight excluding hydrogens is 372 g/mol. The molecule has 0 amide bonds. The van der Waals surface area contributed by atoms with Crippen LogP contribution in [0.3, 0.4) is 0 Å². The van der Waals surface area contributed by atoms with E-state index < -0.39 is 0 Å². The van der Waals surface area contributed by atoms with E-state index in [-0.39, 0.29) is 68.1 Å². The number of benzene rings is 2. The third-order valence-corrected chi connectivity index (χ3v) is 4.34. The van der Waals surface area contributed by atoms with E-state index in [0.717, 1.165) is 18.6 Å². The number of nitrogens with one attached hydrogen (secondary N) is 1. The molecule has 0 spiro atoms. The van der Waals surface area contributed by atoms with E-state index in [1.165, 1.54) is 23.8 Å². The van der Waals surface area contributed by atoms with Crippen molar-refractivity contribution in [1.29, 1.82) is 0 Å². The molecule has 2 aromatic heterocycles. The van der Waals surface area contributed by atoms with Gasteiger partial charge in [0.25, 0.3) is 0 Å². The van der Waals surface area contributed by atoms with Gasteiger partial charge in [-0.1, -0.05) is 48.5 Å². The van der Waals surface area contributed by atoms with Gasteiger partial charge in [-0.15, -0.1) is 0 Å². The van der Waals surface area contributed by atoms with Crippen molar-refractivity contribution in [1.82, 2.24) is 19.9 Å². The molecule has 5 rings (SSSR count). The van der Waals surface area contributed by atoms with Crippen LogP contribution in [0.15, 0.2) is 67.3 Å². The van der Waals surface area contributed by atoms with Crippen LogP contribution < -0.4 is 69.6 Å². The molecule has 3 N–H and O–H groups in total. The summed E-state index contributed by atoms with van der Waals surface area (Å²) >= 11 is 0. The molecule has 1 unspecified atom stereocenters. The molecular formula is C20H21N5Na2O. The first kappa shape index (κ1) is 22.9. The Morgan fingerprint density at radius 1 is 0.964 bits per heavy atom. The summed E-state index contributed by atoms with van der Waals surface area (Å²) < 4.78 is 6.02. The Bertz CT molecular complexity index is 1020. The van der Waals surface area contributed by atoms with Crippen LogP contribution in [-0.4, -0.2) is 19.9 Å². The maximum absolute atomic E-state index is 6.02. The largest absolute Gasteiger partial charge is 1.00 e. The van der Waals surface area contributed by atoms with Crippen LogP contribution in [0.25, 0.3) is 11.2 Å². The molecule has 134 valence electrons. The Balaban J connectivity index is 0.000000532. The van der Waals surface area contributed by atoms with Crippen LogP contribution in [0.2, 0.25) is 0 Å². The van der Waals surface area contributed by atoms with Crippen molar-refractivity contribution in [2.75, 3.05) is 5.73 Å². The molecule has 0 saturated heterocycles. The molecule has 28 heavy (non-hydrogen) atoms. The van der Waals surface area contributed by atoms with E-state index in [1.807, 2.05) is 12.1 Å². The molecule has 0 aliphatic carbocycles. The summed E-state index contributed by atoms with van der Waals surface area (Å²) in [6.45, 7) is 0. The van der Waals surface area contributed by atoms with E-state index in [9.17, 15) is 0 Å². The van der Waals surface area contributed by atoms with Crippen LogP contribution in [0.5, 0.6) is 5.75 Å². The van der Waals surface area contributed by atoms with Crippen molar-refractivity contribution in [3.05, 3.63) is 78.4 Å². The first-order valence-electron chi connectivity index (χ1n) is 8.50. The first-order valence-corrected chi connectivity index (χ1v) is 8.50. The zero-order chi connectivity index (χ0) is 17.8. The minimum atomic E-state index is 0. The van der Waals surface area contributed by atoms with Crippen molar-refractivity contribution in [2.45, 2.75) is 18.9 Å². The van der Waals surface area contributed by atoms with Gasteiger partial charge in [-0.05, 0) is 30.0 Å². The number of rotatable bonds is 1. The number of aromatic amines is 1. The fourth-order valence-corrected chi connectivity index (χ4v) is 3.01. The molecule has 0 radical (unpaired) electrons. The normalized spacial score (nSPS) is 14.4. The van der Waals surface area contributed by atoms with Gasteiger partial charge in [-0.3, -0.25) is 0 Å². The molecule has 3 heterocycles. The van der Waals surface area contributed by atoms with E-state index >= 15 is 0 Å². The van der Waals surface area contributed by atoms with Crippen molar-refractivity contribution in [3.63, 3.8) is 0 Å². The minimum Gasteiger partial charge on any atom is -1.00 e. The second-order valence-electron chi connectivity index (χ2n) is 6.02. The summed E-state index contributed by atoms with van der Waals surface area (Å²) in [6, 6.07) is 18.8. The van der Waals surface area contributed by atoms with E-state index in [2.05, 4.69) is 62.4 Å². The molecule has 8 heteroatoms. The summed E-state index contributed by atoms with van der Waals surface area (Å²) in [4.78, 5) is 14.4. The van der Waals surface area contributed by atoms with Gasteiger partial charge in [0.05, 0.1) is 6.33 Å². The van der Waals surface area contributed by atoms with Crippen molar-refractivity contribution >= 4 is 17.0 Å². The van der Waals surface area contributed by atoms with E-state index in [4.69, 9.17) is 10.5 Å². The third-order valence-electron chi connectivity index (χ3n) is 4.34. The Morgan fingerprint density at radius 2 is 1.71 bits per heavy atom. The topological polar surface area (TPSA) is 89.7 Å². The van der Waals surface area contributed by atoms with Crippen LogP contribution in [0.4, 0.5) is 5.82 Å². The summed E-state index contributed by atoms with van der Waals surface area (Å²) in [6.07, 6.45) is 5.32. The van der Waals surface area contributed by atoms with Gasteiger partial charge in [-0.2, -0.15) is 0 Å². The zero-order valence-corrected chi connectivity index (χ0v) is 20.2. The van der Waals surface area contributed by atoms with Crippen molar-refractivity contribution < 1.29 is 66.7 Å². The number of H-pyrrole nitrogens is 1. The molecule has 1 aliphatic rings. The number of nitrogens with two attached hydrogens (primary N) is 1. The second kappa shape index (κ2) is 11.0. The Morgan fingerprint density at radius 3 is 2.50 bits per heavy atom. The Hall–Kier alpha value is -1.41. The first-order chi connectivity index (χ1) is 12.8. The number of para-hydroxylation sites is 1. The van der Waals surface area contributed by atoms with Gasteiger partial charge < -0.3 is 18.3 Å². The summed E-state index contributed by atoms with van der Waals surface area (Å²) in [5, 5.41) is 0. The summed E-state index contributed by atoms with van der Waals surface area (Å²) in [7, 11) is 0. The smallest absolute Gasteiger partial charge is 1.00 e. The quantitative estimate of drug-likeness (QED) is 0.363. The number of nitrogen functional groups attached to an aromatic ring is 1. The number of anilines is 1.